The maximum Gasteiger partial charge on any atom is 0.227 e. The number of rotatable bonds is 3. The molecule has 0 spiro atoms. The Bertz CT molecular complexity index is 1500. The molecule has 1 aliphatic carbocycles. The lowest BCUT2D eigenvalue weighted by Gasteiger charge is -2.23. The van der Waals surface area contributed by atoms with Crippen LogP contribution in [0.5, 0.6) is 0 Å². The zero-order valence-corrected chi connectivity index (χ0v) is 20.2. The molecule has 3 nitrogen and oxygen atoms in total. The van der Waals surface area contributed by atoms with Gasteiger partial charge >= 0.3 is 0 Å². The van der Waals surface area contributed by atoms with Gasteiger partial charge in [0.05, 0.1) is 11.4 Å². The number of aryl methyl sites for hydroxylation is 3. The zero-order chi connectivity index (χ0) is 23.2. The van der Waals surface area contributed by atoms with Crippen LogP contribution in [0.3, 0.4) is 0 Å². The van der Waals surface area contributed by atoms with E-state index in [1.807, 2.05) is 0 Å². The Morgan fingerprint density at radius 3 is 2.29 bits per heavy atom. The molecule has 0 saturated heterocycles. The molecule has 6 rings (SSSR count). The van der Waals surface area contributed by atoms with Crippen molar-refractivity contribution in [1.82, 2.24) is 9.97 Å². The van der Waals surface area contributed by atoms with Crippen LogP contribution in [0.2, 0.25) is 0 Å². The summed E-state index contributed by atoms with van der Waals surface area (Å²) in [4.78, 5) is 9.86. The molecule has 1 fully saturated rings. The summed E-state index contributed by atoms with van der Waals surface area (Å²) >= 11 is 0. The number of hydrogen-bond donors (Lipinski definition) is 0. The fraction of sp³-hybridized carbons (Fsp3) is 0.290. The average Bonchev–Trinajstić information content (AvgIpc) is 3.22. The third kappa shape index (κ3) is 3.51. The minimum absolute atomic E-state index is 0.657. The number of pyridine rings is 2. The molecule has 5 aromatic rings. The average molecular weight is 447 g/mol. The third-order valence-electron chi connectivity index (χ3n) is 7.57. The number of furan rings is 1. The second-order valence-corrected chi connectivity index (χ2v) is 9.86. The van der Waals surface area contributed by atoms with Crippen LogP contribution in [-0.4, -0.2) is 9.97 Å². The first kappa shape index (κ1) is 21.1. The maximum absolute atomic E-state index is 6.42. The van der Waals surface area contributed by atoms with E-state index in [-0.39, 0.29) is 0 Å². The van der Waals surface area contributed by atoms with E-state index in [0.717, 1.165) is 33.3 Å². The molecule has 3 aromatic heterocycles. The normalized spacial score (nSPS) is 14.8. The van der Waals surface area contributed by atoms with Gasteiger partial charge in [0, 0.05) is 28.1 Å². The summed E-state index contributed by atoms with van der Waals surface area (Å²) in [5, 5.41) is 2.13. The van der Waals surface area contributed by atoms with Gasteiger partial charge in [-0.15, -0.1) is 0 Å². The first-order chi connectivity index (χ1) is 16.6. The van der Waals surface area contributed by atoms with Gasteiger partial charge in [-0.3, -0.25) is 4.98 Å². The highest BCUT2D eigenvalue weighted by Gasteiger charge is 2.20. The molecule has 0 atom stereocenters. The molecule has 1 saturated carbocycles. The molecule has 1 aliphatic rings. The van der Waals surface area contributed by atoms with E-state index < -0.39 is 0 Å². The van der Waals surface area contributed by atoms with Crippen molar-refractivity contribution in [1.29, 1.82) is 0 Å². The molecule has 0 amide bonds. The molecule has 0 unspecified atom stereocenters. The lowest BCUT2D eigenvalue weighted by Crippen LogP contribution is -2.07. The zero-order valence-electron chi connectivity index (χ0n) is 20.2. The summed E-state index contributed by atoms with van der Waals surface area (Å²) in [6.45, 7) is 6.50. The number of aromatic nitrogens is 2. The van der Waals surface area contributed by atoms with Gasteiger partial charge < -0.3 is 4.42 Å². The predicted molar refractivity (Wildman–Crippen MR) is 140 cm³/mol. The summed E-state index contributed by atoms with van der Waals surface area (Å²) in [5.41, 5.74) is 10.9. The summed E-state index contributed by atoms with van der Waals surface area (Å²) in [7, 11) is 0. The predicted octanol–water partition coefficient (Wildman–Crippen LogP) is 8.68. The smallest absolute Gasteiger partial charge is 0.227 e. The monoisotopic (exact) mass is 446 g/mol. The molecule has 3 heteroatoms. The van der Waals surface area contributed by atoms with Crippen molar-refractivity contribution in [2.75, 3.05) is 0 Å². The van der Waals surface area contributed by atoms with Gasteiger partial charge in [-0.1, -0.05) is 49.6 Å². The molecule has 34 heavy (non-hydrogen) atoms. The minimum Gasteiger partial charge on any atom is -0.437 e. The van der Waals surface area contributed by atoms with Crippen LogP contribution in [-0.2, 0) is 0 Å². The van der Waals surface area contributed by atoms with E-state index in [4.69, 9.17) is 14.4 Å². The molecular weight excluding hydrogens is 416 g/mol. The van der Waals surface area contributed by atoms with Crippen LogP contribution >= 0.6 is 0 Å². The van der Waals surface area contributed by atoms with Crippen molar-refractivity contribution >= 4 is 22.1 Å². The van der Waals surface area contributed by atoms with Crippen molar-refractivity contribution < 1.29 is 4.42 Å². The Morgan fingerprint density at radius 2 is 1.53 bits per heavy atom. The second-order valence-electron chi connectivity index (χ2n) is 9.86. The molecule has 0 aliphatic heterocycles. The highest BCUT2D eigenvalue weighted by atomic mass is 16.3. The van der Waals surface area contributed by atoms with Crippen molar-refractivity contribution in [3.8, 4) is 22.5 Å². The van der Waals surface area contributed by atoms with Crippen LogP contribution in [0.1, 0.15) is 60.3 Å². The Morgan fingerprint density at radius 1 is 0.765 bits per heavy atom. The van der Waals surface area contributed by atoms with Crippen molar-refractivity contribution in [2.24, 2.45) is 0 Å². The highest BCUT2D eigenvalue weighted by Crippen LogP contribution is 2.38. The maximum atomic E-state index is 6.42. The van der Waals surface area contributed by atoms with E-state index in [0.29, 0.717) is 11.6 Å². The van der Waals surface area contributed by atoms with E-state index in [9.17, 15) is 0 Å². The highest BCUT2D eigenvalue weighted by molar-refractivity contribution is 6.08. The molecular formula is C31H30N2O. The molecule has 2 aromatic carbocycles. The van der Waals surface area contributed by atoms with Gasteiger partial charge in [0.25, 0.3) is 0 Å². The fourth-order valence-corrected chi connectivity index (χ4v) is 5.79. The lowest BCUT2D eigenvalue weighted by atomic mass is 9.83. The fourth-order valence-electron chi connectivity index (χ4n) is 5.79. The number of fused-ring (bicyclic) bond motifs is 3. The minimum atomic E-state index is 0.657. The Kier molecular flexibility index (Phi) is 5.21. The van der Waals surface area contributed by atoms with Gasteiger partial charge in [-0.2, -0.15) is 0 Å². The third-order valence-corrected chi connectivity index (χ3v) is 7.57. The molecule has 0 radical (unpaired) electrons. The SMILES string of the molecule is Cc1cc(-c2cccc3c2oc2nc(-c4c(C)cccc4C)ccc23)ncc1C1CCCCC1. The molecule has 170 valence electrons. The Hall–Kier alpha value is -3.46. The van der Waals surface area contributed by atoms with Crippen LogP contribution in [0.15, 0.2) is 65.2 Å². The van der Waals surface area contributed by atoms with Crippen molar-refractivity contribution in [3.05, 3.63) is 83.0 Å². The van der Waals surface area contributed by atoms with E-state index in [2.05, 4.69) is 81.6 Å². The van der Waals surface area contributed by atoms with Crippen molar-refractivity contribution in [2.45, 2.75) is 58.8 Å². The Balaban J connectivity index is 1.46. The molecule has 3 heterocycles. The summed E-state index contributed by atoms with van der Waals surface area (Å²) < 4.78 is 6.42. The van der Waals surface area contributed by atoms with Crippen molar-refractivity contribution in [3.63, 3.8) is 0 Å². The van der Waals surface area contributed by atoms with Gasteiger partial charge in [0.2, 0.25) is 5.71 Å². The van der Waals surface area contributed by atoms with Gasteiger partial charge in [0.15, 0.2) is 0 Å². The largest absolute Gasteiger partial charge is 0.437 e. The lowest BCUT2D eigenvalue weighted by molar-refractivity contribution is 0.441. The first-order valence-corrected chi connectivity index (χ1v) is 12.5. The second kappa shape index (κ2) is 8.39. The summed E-state index contributed by atoms with van der Waals surface area (Å²) in [5.74, 6) is 0.657. The number of para-hydroxylation sites is 1. The van der Waals surface area contributed by atoms with Gasteiger partial charge in [-0.05, 0) is 86.1 Å². The standard InChI is InChI=1S/C31H30N2O/c1-19-9-7-10-20(2)29(19)27-16-15-24-23-13-8-14-25(30(23)34-31(24)33-27)28-17-21(3)26(18-32-28)22-11-5-4-6-12-22/h7-10,13-18,22H,4-6,11-12H2,1-3H3. The number of benzene rings is 2. The van der Waals surface area contributed by atoms with Crippen LogP contribution in [0.25, 0.3) is 44.6 Å². The van der Waals surface area contributed by atoms with Crippen LogP contribution < -0.4 is 0 Å². The van der Waals surface area contributed by atoms with E-state index in [1.165, 1.54) is 59.9 Å². The van der Waals surface area contributed by atoms with E-state index >= 15 is 0 Å². The van der Waals surface area contributed by atoms with E-state index in [1.54, 1.807) is 0 Å². The first-order valence-electron chi connectivity index (χ1n) is 12.5. The molecule has 0 N–H and O–H groups in total. The Labute approximate surface area is 200 Å². The molecule has 0 bridgehead atoms. The topological polar surface area (TPSA) is 38.9 Å². The summed E-state index contributed by atoms with van der Waals surface area (Å²) in [6, 6.07) is 19.2. The van der Waals surface area contributed by atoms with Crippen LogP contribution in [0.4, 0.5) is 0 Å². The van der Waals surface area contributed by atoms with Gasteiger partial charge in [-0.25, -0.2) is 4.98 Å². The number of nitrogens with zero attached hydrogens (tertiary/aromatic N) is 2. The van der Waals surface area contributed by atoms with Gasteiger partial charge in [0.1, 0.15) is 5.58 Å². The number of hydrogen-bond acceptors (Lipinski definition) is 3. The summed E-state index contributed by atoms with van der Waals surface area (Å²) in [6.07, 6.45) is 8.72. The quantitative estimate of drug-likeness (QED) is 0.278. The van der Waals surface area contributed by atoms with Crippen LogP contribution in [0, 0.1) is 20.8 Å².